The number of hydrogen-bond donors (Lipinski definition) is 1. The largest absolute Gasteiger partial charge is 0.342 e. The first kappa shape index (κ1) is 10.9. The summed E-state index contributed by atoms with van der Waals surface area (Å²) < 4.78 is 0. The number of carbonyl (C=O) groups excluding carboxylic acids is 1. The molecule has 1 aliphatic carbocycles. The van der Waals surface area contributed by atoms with Crippen LogP contribution in [-0.2, 0) is 4.79 Å². The summed E-state index contributed by atoms with van der Waals surface area (Å²) in [4.78, 5) is 14.4. The van der Waals surface area contributed by atoms with Crippen molar-refractivity contribution in [1.29, 1.82) is 0 Å². The van der Waals surface area contributed by atoms with Crippen LogP contribution in [0.25, 0.3) is 0 Å². The Hall–Kier alpha value is -0.570. The van der Waals surface area contributed by atoms with Gasteiger partial charge < -0.3 is 10.6 Å². The van der Waals surface area contributed by atoms with Gasteiger partial charge in [0.2, 0.25) is 5.91 Å². The molecule has 0 aromatic heterocycles. The molecule has 3 nitrogen and oxygen atoms in total. The Balaban J connectivity index is 2.02. The molecule has 2 unspecified atom stereocenters. The van der Waals surface area contributed by atoms with E-state index in [1.165, 1.54) is 6.42 Å². The van der Waals surface area contributed by atoms with Crippen molar-refractivity contribution in [2.45, 2.75) is 33.1 Å². The summed E-state index contributed by atoms with van der Waals surface area (Å²) in [5.41, 5.74) is 5.58. The lowest BCUT2D eigenvalue weighted by molar-refractivity contribution is -0.145. The van der Waals surface area contributed by atoms with Gasteiger partial charge in [0, 0.05) is 19.6 Å². The van der Waals surface area contributed by atoms with Crippen molar-refractivity contribution in [3.63, 3.8) is 0 Å². The van der Waals surface area contributed by atoms with Crippen LogP contribution in [0.4, 0.5) is 0 Å². The summed E-state index contributed by atoms with van der Waals surface area (Å²) in [6.07, 6.45) is 3.17. The van der Waals surface area contributed by atoms with Crippen LogP contribution < -0.4 is 5.73 Å². The molecule has 3 heteroatoms. The summed E-state index contributed by atoms with van der Waals surface area (Å²) in [6.45, 7) is 6.86. The zero-order valence-electron chi connectivity index (χ0n) is 9.83. The summed E-state index contributed by atoms with van der Waals surface area (Å²) >= 11 is 0. The normalized spacial score (nSPS) is 33.9. The summed E-state index contributed by atoms with van der Waals surface area (Å²) in [7, 11) is 0. The molecule has 2 rings (SSSR count). The Bertz CT molecular complexity index is 245. The molecule has 2 fully saturated rings. The molecule has 0 radical (unpaired) electrons. The van der Waals surface area contributed by atoms with Crippen LogP contribution in [0, 0.1) is 17.3 Å². The quantitative estimate of drug-likeness (QED) is 0.745. The second kappa shape index (κ2) is 3.78. The number of carbonyl (C=O) groups is 1. The van der Waals surface area contributed by atoms with Gasteiger partial charge in [-0.3, -0.25) is 4.79 Å². The minimum absolute atomic E-state index is 0.177. The van der Waals surface area contributed by atoms with Crippen molar-refractivity contribution in [1.82, 2.24) is 4.90 Å². The maximum absolute atomic E-state index is 12.3. The molecule has 0 spiro atoms. The fraction of sp³-hybridized carbons (Fsp3) is 0.917. The third kappa shape index (κ3) is 1.67. The maximum atomic E-state index is 12.3. The lowest BCUT2D eigenvalue weighted by Crippen LogP contribution is -2.51. The van der Waals surface area contributed by atoms with E-state index in [2.05, 4.69) is 13.8 Å². The number of nitrogens with two attached hydrogens (primary N) is 1. The van der Waals surface area contributed by atoms with Crippen LogP contribution in [0.2, 0.25) is 0 Å². The molecule has 1 heterocycles. The lowest BCUT2D eigenvalue weighted by atomic mass is 9.68. The number of likely N-dealkylation sites (tertiary alicyclic amines) is 1. The highest BCUT2D eigenvalue weighted by Gasteiger charge is 2.46. The van der Waals surface area contributed by atoms with Gasteiger partial charge >= 0.3 is 0 Å². The fourth-order valence-corrected chi connectivity index (χ4v) is 2.74. The first-order valence-electron chi connectivity index (χ1n) is 6.08. The van der Waals surface area contributed by atoms with Crippen molar-refractivity contribution in [2.75, 3.05) is 19.6 Å². The fourth-order valence-electron chi connectivity index (χ4n) is 2.74. The smallest absolute Gasteiger partial charge is 0.230 e. The molecule has 0 aromatic carbocycles. The third-order valence-electron chi connectivity index (χ3n) is 4.43. The van der Waals surface area contributed by atoms with E-state index < -0.39 is 0 Å². The van der Waals surface area contributed by atoms with E-state index in [9.17, 15) is 4.79 Å². The molecule has 1 saturated heterocycles. The predicted molar refractivity (Wildman–Crippen MR) is 60.2 cm³/mol. The van der Waals surface area contributed by atoms with E-state index >= 15 is 0 Å². The summed E-state index contributed by atoms with van der Waals surface area (Å²) in [5, 5.41) is 0. The first-order chi connectivity index (χ1) is 7.09. The average molecular weight is 210 g/mol. The van der Waals surface area contributed by atoms with Crippen LogP contribution in [0.3, 0.4) is 0 Å². The van der Waals surface area contributed by atoms with Crippen LogP contribution in [-0.4, -0.2) is 30.4 Å². The highest BCUT2D eigenvalue weighted by Crippen LogP contribution is 2.42. The summed E-state index contributed by atoms with van der Waals surface area (Å²) in [5.74, 6) is 1.61. The van der Waals surface area contributed by atoms with Crippen molar-refractivity contribution >= 4 is 5.91 Å². The second-order valence-electron chi connectivity index (χ2n) is 5.50. The van der Waals surface area contributed by atoms with E-state index in [0.717, 1.165) is 25.9 Å². The Morgan fingerprint density at radius 3 is 2.20 bits per heavy atom. The van der Waals surface area contributed by atoms with E-state index in [0.29, 0.717) is 24.3 Å². The van der Waals surface area contributed by atoms with E-state index in [4.69, 9.17) is 5.73 Å². The van der Waals surface area contributed by atoms with Gasteiger partial charge in [-0.05, 0) is 24.7 Å². The molecule has 1 aliphatic heterocycles. The second-order valence-corrected chi connectivity index (χ2v) is 5.50. The molecule has 2 aliphatic rings. The standard InChI is InChI=1S/C12H22N2O/c1-9-6-14(7-10(9)2)11(15)12(8-13)4-3-5-12/h9-10H,3-8,13H2,1-2H3. The molecule has 0 bridgehead atoms. The predicted octanol–water partition coefficient (Wildman–Crippen LogP) is 1.23. The van der Waals surface area contributed by atoms with Crippen molar-refractivity contribution in [3.8, 4) is 0 Å². The van der Waals surface area contributed by atoms with Gasteiger partial charge in [0.1, 0.15) is 0 Å². The third-order valence-corrected chi connectivity index (χ3v) is 4.43. The van der Waals surface area contributed by atoms with E-state index in [-0.39, 0.29) is 5.41 Å². The zero-order valence-corrected chi connectivity index (χ0v) is 9.83. The molecular weight excluding hydrogens is 188 g/mol. The minimum atomic E-state index is -0.177. The Labute approximate surface area is 92.0 Å². The van der Waals surface area contributed by atoms with Gasteiger partial charge in [0.05, 0.1) is 5.41 Å². The molecule has 15 heavy (non-hydrogen) atoms. The lowest BCUT2D eigenvalue weighted by Gasteiger charge is -2.41. The summed E-state index contributed by atoms with van der Waals surface area (Å²) in [6, 6.07) is 0. The van der Waals surface area contributed by atoms with Gasteiger partial charge in [-0.15, -0.1) is 0 Å². The van der Waals surface area contributed by atoms with Crippen LogP contribution in [0.15, 0.2) is 0 Å². The Morgan fingerprint density at radius 2 is 1.87 bits per heavy atom. The minimum Gasteiger partial charge on any atom is -0.342 e. The van der Waals surface area contributed by atoms with Crippen LogP contribution >= 0.6 is 0 Å². The number of rotatable bonds is 2. The molecule has 2 atom stereocenters. The van der Waals surface area contributed by atoms with Gasteiger partial charge in [-0.25, -0.2) is 0 Å². The highest BCUT2D eigenvalue weighted by molar-refractivity contribution is 5.84. The Morgan fingerprint density at radius 1 is 1.33 bits per heavy atom. The number of hydrogen-bond acceptors (Lipinski definition) is 2. The molecule has 2 N–H and O–H groups in total. The van der Waals surface area contributed by atoms with Crippen molar-refractivity contribution in [2.24, 2.45) is 23.0 Å². The van der Waals surface area contributed by atoms with Gasteiger partial charge in [-0.1, -0.05) is 20.3 Å². The maximum Gasteiger partial charge on any atom is 0.230 e. The van der Waals surface area contributed by atoms with Crippen molar-refractivity contribution in [3.05, 3.63) is 0 Å². The molecule has 1 saturated carbocycles. The van der Waals surface area contributed by atoms with E-state index in [1.807, 2.05) is 4.90 Å². The molecule has 1 amide bonds. The topological polar surface area (TPSA) is 46.3 Å². The monoisotopic (exact) mass is 210 g/mol. The van der Waals surface area contributed by atoms with Crippen molar-refractivity contribution < 1.29 is 4.79 Å². The molecule has 86 valence electrons. The molecule has 0 aromatic rings. The number of nitrogens with zero attached hydrogens (tertiary/aromatic N) is 1. The SMILES string of the molecule is CC1CN(C(=O)C2(CN)CCC2)CC1C. The first-order valence-corrected chi connectivity index (χ1v) is 6.08. The van der Waals surface area contributed by atoms with Gasteiger partial charge in [-0.2, -0.15) is 0 Å². The molecular formula is C12H22N2O. The van der Waals surface area contributed by atoms with Crippen LogP contribution in [0.1, 0.15) is 33.1 Å². The highest BCUT2D eigenvalue weighted by atomic mass is 16.2. The van der Waals surface area contributed by atoms with Gasteiger partial charge in [0.15, 0.2) is 0 Å². The number of amides is 1. The van der Waals surface area contributed by atoms with Gasteiger partial charge in [0.25, 0.3) is 0 Å². The Kier molecular flexibility index (Phi) is 2.75. The van der Waals surface area contributed by atoms with Crippen LogP contribution in [0.5, 0.6) is 0 Å². The zero-order chi connectivity index (χ0) is 11.1. The average Bonchev–Trinajstić information content (AvgIpc) is 2.46. The van der Waals surface area contributed by atoms with E-state index in [1.54, 1.807) is 0 Å².